The number of nitrogens with zero attached hydrogens (tertiary/aromatic N) is 5. The van der Waals surface area contributed by atoms with Crippen LogP contribution in [0.5, 0.6) is 0 Å². The summed E-state index contributed by atoms with van der Waals surface area (Å²) in [6.07, 6.45) is 5.85. The fraction of sp³-hybridized carbons (Fsp3) is 0.400. The minimum atomic E-state index is -0.986. The van der Waals surface area contributed by atoms with Crippen molar-refractivity contribution < 1.29 is 9.90 Å². The predicted octanol–water partition coefficient (Wildman–Crippen LogP) is 4.07. The van der Waals surface area contributed by atoms with Gasteiger partial charge in [0.1, 0.15) is 4.60 Å². The SMILES string of the molecule is CNC(=O)[C@]1(C)CC[C@@H](Nc2ncc3c(Br)nn(-c4ccc5ncc(C(C)(C)O)cc5c4)c3n2)C1. The molecule has 5 rings (SSSR count). The summed E-state index contributed by atoms with van der Waals surface area (Å²) in [7, 11) is 1.68. The number of rotatable bonds is 5. The van der Waals surface area contributed by atoms with E-state index in [0.29, 0.717) is 16.2 Å². The number of amides is 1. The van der Waals surface area contributed by atoms with Crippen LogP contribution >= 0.6 is 15.9 Å². The molecule has 3 N–H and O–H groups in total. The van der Waals surface area contributed by atoms with Gasteiger partial charge in [-0.3, -0.25) is 9.78 Å². The highest BCUT2D eigenvalue weighted by Crippen LogP contribution is 2.39. The van der Waals surface area contributed by atoms with Crippen LogP contribution in [0.25, 0.3) is 27.6 Å². The Balaban J connectivity index is 1.49. The van der Waals surface area contributed by atoms with Gasteiger partial charge < -0.3 is 15.7 Å². The Bertz CT molecular complexity index is 1450. The van der Waals surface area contributed by atoms with Gasteiger partial charge in [0.05, 0.1) is 22.2 Å². The number of hydrogen-bond donors (Lipinski definition) is 3. The average molecular weight is 538 g/mol. The molecule has 1 fully saturated rings. The summed E-state index contributed by atoms with van der Waals surface area (Å²) >= 11 is 3.53. The second-order valence-corrected chi connectivity index (χ2v) is 10.8. The third-order valence-corrected chi connectivity index (χ3v) is 7.43. The minimum absolute atomic E-state index is 0.0683. The van der Waals surface area contributed by atoms with Crippen LogP contribution in [0.15, 0.2) is 41.3 Å². The van der Waals surface area contributed by atoms with E-state index in [0.717, 1.165) is 46.8 Å². The number of fused-ring (bicyclic) bond motifs is 2. The normalized spacial score (nSPS) is 20.5. The molecule has 4 aromatic rings. The molecular formula is C25H28BrN7O2. The molecule has 1 aliphatic rings. The molecule has 0 bridgehead atoms. The van der Waals surface area contributed by atoms with E-state index in [-0.39, 0.29) is 17.4 Å². The lowest BCUT2D eigenvalue weighted by molar-refractivity contribution is -0.129. The van der Waals surface area contributed by atoms with Gasteiger partial charge in [-0.05, 0) is 73.3 Å². The fourth-order valence-corrected chi connectivity index (χ4v) is 5.20. The second-order valence-electron chi connectivity index (χ2n) is 10.0. The molecule has 1 saturated carbocycles. The number of anilines is 1. The summed E-state index contributed by atoms with van der Waals surface area (Å²) in [5.74, 6) is 0.572. The van der Waals surface area contributed by atoms with Crippen LogP contribution in [0.1, 0.15) is 45.6 Å². The molecule has 10 heteroatoms. The van der Waals surface area contributed by atoms with Gasteiger partial charge in [0, 0.05) is 41.8 Å². The Labute approximate surface area is 211 Å². The van der Waals surface area contributed by atoms with Gasteiger partial charge in [0.15, 0.2) is 5.65 Å². The molecule has 0 aliphatic heterocycles. The molecule has 1 aliphatic carbocycles. The number of benzene rings is 1. The van der Waals surface area contributed by atoms with Gasteiger partial charge >= 0.3 is 0 Å². The zero-order valence-electron chi connectivity index (χ0n) is 20.1. The van der Waals surface area contributed by atoms with E-state index in [1.54, 1.807) is 38.0 Å². The standard InChI is InChI=1S/C25H28BrN7O2/c1-24(2,35)15-9-14-10-17(5-6-19(14)28-12-15)33-21-18(20(26)32-33)13-29-23(31-21)30-16-7-8-25(3,11-16)22(34)27-4/h5-6,9-10,12-13,16,35H,7-8,11H2,1-4H3,(H,27,34)(H,29,30,31)/t16-,25-/m1/s1. The fourth-order valence-electron chi connectivity index (χ4n) is 4.76. The highest BCUT2D eigenvalue weighted by atomic mass is 79.9. The number of aliphatic hydroxyl groups is 1. The number of halogens is 1. The zero-order valence-corrected chi connectivity index (χ0v) is 21.7. The van der Waals surface area contributed by atoms with E-state index < -0.39 is 5.60 Å². The maximum atomic E-state index is 12.3. The first kappa shape index (κ1) is 23.6. The molecule has 3 heterocycles. The molecule has 1 aromatic carbocycles. The molecule has 182 valence electrons. The van der Waals surface area contributed by atoms with E-state index in [2.05, 4.69) is 41.6 Å². The molecule has 0 unspecified atom stereocenters. The van der Waals surface area contributed by atoms with Crippen molar-refractivity contribution in [2.24, 2.45) is 5.41 Å². The lowest BCUT2D eigenvalue weighted by Crippen LogP contribution is -2.35. The highest BCUT2D eigenvalue weighted by molar-refractivity contribution is 9.10. The van der Waals surface area contributed by atoms with Crippen molar-refractivity contribution in [3.8, 4) is 5.69 Å². The summed E-state index contributed by atoms with van der Waals surface area (Å²) in [5.41, 5.74) is 1.67. The van der Waals surface area contributed by atoms with Crippen molar-refractivity contribution in [1.82, 2.24) is 30.0 Å². The zero-order chi connectivity index (χ0) is 25.0. The molecule has 0 spiro atoms. The van der Waals surface area contributed by atoms with E-state index in [1.165, 1.54) is 0 Å². The summed E-state index contributed by atoms with van der Waals surface area (Å²) in [6.45, 7) is 5.48. The van der Waals surface area contributed by atoms with Crippen molar-refractivity contribution in [2.75, 3.05) is 12.4 Å². The first-order chi connectivity index (χ1) is 16.6. The Hall–Kier alpha value is -3.11. The van der Waals surface area contributed by atoms with Crippen LogP contribution in [0, 0.1) is 5.41 Å². The smallest absolute Gasteiger partial charge is 0.225 e. The van der Waals surface area contributed by atoms with Crippen molar-refractivity contribution in [3.05, 3.63) is 46.8 Å². The third-order valence-electron chi connectivity index (χ3n) is 6.85. The molecule has 0 radical (unpaired) electrons. The molecule has 3 aromatic heterocycles. The maximum absolute atomic E-state index is 12.3. The van der Waals surface area contributed by atoms with E-state index in [9.17, 15) is 9.90 Å². The Morgan fingerprint density at radius 1 is 1.26 bits per heavy atom. The minimum Gasteiger partial charge on any atom is -0.386 e. The van der Waals surface area contributed by atoms with Crippen LogP contribution in [0.4, 0.5) is 5.95 Å². The van der Waals surface area contributed by atoms with Crippen LogP contribution in [-0.4, -0.2) is 48.8 Å². The number of carbonyl (C=O) groups is 1. The number of nitrogens with one attached hydrogen (secondary N) is 2. The lowest BCUT2D eigenvalue weighted by Gasteiger charge is -2.22. The van der Waals surface area contributed by atoms with Gasteiger partial charge in [-0.2, -0.15) is 10.1 Å². The van der Waals surface area contributed by atoms with Crippen molar-refractivity contribution >= 4 is 49.7 Å². The van der Waals surface area contributed by atoms with Crippen LogP contribution in [0.2, 0.25) is 0 Å². The lowest BCUT2D eigenvalue weighted by atomic mass is 9.87. The largest absolute Gasteiger partial charge is 0.386 e. The molecule has 1 amide bonds. The summed E-state index contributed by atoms with van der Waals surface area (Å²) < 4.78 is 2.42. The first-order valence-electron chi connectivity index (χ1n) is 11.6. The molecule has 0 saturated heterocycles. The highest BCUT2D eigenvalue weighted by Gasteiger charge is 2.41. The Morgan fingerprint density at radius 2 is 2.06 bits per heavy atom. The maximum Gasteiger partial charge on any atom is 0.225 e. The Morgan fingerprint density at radius 3 is 2.80 bits per heavy atom. The third kappa shape index (κ3) is 4.36. The quantitative estimate of drug-likeness (QED) is 0.351. The molecule has 2 atom stereocenters. The molecular weight excluding hydrogens is 510 g/mol. The molecule has 35 heavy (non-hydrogen) atoms. The predicted molar refractivity (Wildman–Crippen MR) is 138 cm³/mol. The number of aromatic nitrogens is 5. The van der Waals surface area contributed by atoms with Gasteiger partial charge in [-0.25, -0.2) is 9.67 Å². The van der Waals surface area contributed by atoms with Gasteiger partial charge in [0.25, 0.3) is 0 Å². The number of pyridine rings is 1. The van der Waals surface area contributed by atoms with E-state index >= 15 is 0 Å². The van der Waals surface area contributed by atoms with Crippen LogP contribution in [-0.2, 0) is 10.4 Å². The monoisotopic (exact) mass is 537 g/mol. The van der Waals surface area contributed by atoms with Crippen molar-refractivity contribution in [3.63, 3.8) is 0 Å². The van der Waals surface area contributed by atoms with Crippen molar-refractivity contribution in [2.45, 2.75) is 51.7 Å². The second kappa shape index (κ2) is 8.53. The topological polar surface area (TPSA) is 118 Å². The Kier molecular flexibility index (Phi) is 5.76. The van der Waals surface area contributed by atoms with E-state index in [1.807, 2.05) is 31.2 Å². The first-order valence-corrected chi connectivity index (χ1v) is 12.4. The number of hydrogen-bond acceptors (Lipinski definition) is 7. The van der Waals surface area contributed by atoms with Gasteiger partial charge in [-0.1, -0.05) is 6.92 Å². The van der Waals surface area contributed by atoms with Crippen LogP contribution < -0.4 is 10.6 Å². The summed E-state index contributed by atoms with van der Waals surface area (Å²) in [4.78, 5) is 26.0. The van der Waals surface area contributed by atoms with Gasteiger partial charge in [0.2, 0.25) is 11.9 Å². The summed E-state index contributed by atoms with van der Waals surface area (Å²) in [5, 5.41) is 22.9. The van der Waals surface area contributed by atoms with E-state index in [4.69, 9.17) is 4.98 Å². The van der Waals surface area contributed by atoms with Crippen LogP contribution in [0.3, 0.4) is 0 Å². The van der Waals surface area contributed by atoms with Gasteiger partial charge in [-0.15, -0.1) is 0 Å². The summed E-state index contributed by atoms with van der Waals surface area (Å²) in [6, 6.07) is 7.91. The molecule has 9 nitrogen and oxygen atoms in total. The van der Waals surface area contributed by atoms with Crippen molar-refractivity contribution in [1.29, 1.82) is 0 Å². The number of carbonyl (C=O) groups excluding carboxylic acids is 1. The average Bonchev–Trinajstić information content (AvgIpc) is 3.37.